The van der Waals surface area contributed by atoms with E-state index in [4.69, 9.17) is 10.5 Å². The number of aryl methyl sites for hydroxylation is 1. The van der Waals surface area contributed by atoms with Crippen LogP contribution in [0.3, 0.4) is 0 Å². The van der Waals surface area contributed by atoms with E-state index in [9.17, 15) is 0 Å². The summed E-state index contributed by atoms with van der Waals surface area (Å²) in [4.78, 5) is 0. The van der Waals surface area contributed by atoms with E-state index in [2.05, 4.69) is 32.0 Å². The van der Waals surface area contributed by atoms with Crippen molar-refractivity contribution in [1.82, 2.24) is 0 Å². The third-order valence-corrected chi connectivity index (χ3v) is 4.00. The fourth-order valence-electron chi connectivity index (χ4n) is 2.86. The smallest absolute Gasteiger partial charge is 0.124 e. The molecule has 1 aromatic carbocycles. The van der Waals surface area contributed by atoms with E-state index in [1.165, 1.54) is 43.2 Å². The minimum absolute atomic E-state index is 0.143. The molecular formula is C17H27NO. The minimum Gasteiger partial charge on any atom is -0.490 e. The maximum absolute atomic E-state index is 6.28. The number of unbranched alkanes of at least 4 members (excludes halogenated alkanes) is 4. The van der Waals surface area contributed by atoms with Crippen LogP contribution in [0.1, 0.15) is 69.0 Å². The van der Waals surface area contributed by atoms with Crippen molar-refractivity contribution in [3.8, 4) is 5.75 Å². The van der Waals surface area contributed by atoms with Crippen molar-refractivity contribution in [1.29, 1.82) is 0 Å². The lowest BCUT2D eigenvalue weighted by molar-refractivity contribution is 0.146. The standard InChI is InChI=1S/C17H27NO/c1-3-4-5-6-7-8-14-12-16(18)15-11-13(2)9-10-17(15)19-14/h9-11,14,16H,3-8,12,18H2,1-2H3. The van der Waals surface area contributed by atoms with Gasteiger partial charge in [-0.25, -0.2) is 0 Å². The predicted molar refractivity (Wildman–Crippen MR) is 80.5 cm³/mol. The molecule has 0 spiro atoms. The average Bonchev–Trinajstić information content (AvgIpc) is 2.39. The van der Waals surface area contributed by atoms with Crippen LogP contribution in [0, 0.1) is 6.92 Å². The Morgan fingerprint density at radius 3 is 2.79 bits per heavy atom. The minimum atomic E-state index is 0.143. The summed E-state index contributed by atoms with van der Waals surface area (Å²) >= 11 is 0. The summed E-state index contributed by atoms with van der Waals surface area (Å²) in [6.07, 6.45) is 9.01. The lowest BCUT2D eigenvalue weighted by atomic mass is 9.93. The van der Waals surface area contributed by atoms with Gasteiger partial charge in [0, 0.05) is 18.0 Å². The quantitative estimate of drug-likeness (QED) is 0.765. The number of ether oxygens (including phenoxy) is 1. The normalized spacial score (nSPS) is 21.8. The van der Waals surface area contributed by atoms with Gasteiger partial charge < -0.3 is 10.5 Å². The molecule has 19 heavy (non-hydrogen) atoms. The molecule has 1 aliphatic rings. The summed E-state index contributed by atoms with van der Waals surface area (Å²) in [5, 5.41) is 0. The second-order valence-electron chi connectivity index (χ2n) is 5.83. The molecule has 0 amide bonds. The highest BCUT2D eigenvalue weighted by atomic mass is 16.5. The van der Waals surface area contributed by atoms with Crippen molar-refractivity contribution in [2.75, 3.05) is 0 Å². The Kier molecular flexibility index (Phi) is 5.26. The Hall–Kier alpha value is -1.02. The Morgan fingerprint density at radius 1 is 1.21 bits per heavy atom. The van der Waals surface area contributed by atoms with E-state index in [0.717, 1.165) is 18.6 Å². The van der Waals surface area contributed by atoms with Gasteiger partial charge in [-0.2, -0.15) is 0 Å². The van der Waals surface area contributed by atoms with Crippen LogP contribution in [-0.4, -0.2) is 6.10 Å². The molecule has 0 fully saturated rings. The number of benzene rings is 1. The van der Waals surface area contributed by atoms with Gasteiger partial charge in [0.15, 0.2) is 0 Å². The molecule has 2 N–H and O–H groups in total. The van der Waals surface area contributed by atoms with Crippen LogP contribution in [-0.2, 0) is 0 Å². The van der Waals surface area contributed by atoms with Crippen LogP contribution in [0.2, 0.25) is 0 Å². The van der Waals surface area contributed by atoms with Crippen molar-refractivity contribution < 1.29 is 4.74 Å². The van der Waals surface area contributed by atoms with E-state index in [1.54, 1.807) is 0 Å². The summed E-state index contributed by atoms with van der Waals surface area (Å²) in [5.74, 6) is 1.00. The number of nitrogens with two attached hydrogens (primary N) is 1. The monoisotopic (exact) mass is 261 g/mol. The molecule has 2 nitrogen and oxygen atoms in total. The topological polar surface area (TPSA) is 35.2 Å². The van der Waals surface area contributed by atoms with E-state index in [0.29, 0.717) is 6.10 Å². The van der Waals surface area contributed by atoms with Gasteiger partial charge in [-0.1, -0.05) is 50.3 Å². The molecule has 106 valence electrons. The highest BCUT2D eigenvalue weighted by Gasteiger charge is 2.25. The molecule has 1 heterocycles. The van der Waals surface area contributed by atoms with Crippen LogP contribution in [0.25, 0.3) is 0 Å². The molecule has 0 saturated heterocycles. The SMILES string of the molecule is CCCCCCCC1CC(N)c2cc(C)ccc2O1. The summed E-state index contributed by atoms with van der Waals surface area (Å²) in [7, 11) is 0. The molecule has 1 aromatic rings. The molecular weight excluding hydrogens is 234 g/mol. The maximum atomic E-state index is 6.28. The summed E-state index contributed by atoms with van der Waals surface area (Å²) in [6, 6.07) is 6.49. The average molecular weight is 261 g/mol. The molecule has 0 aliphatic carbocycles. The van der Waals surface area contributed by atoms with Gasteiger partial charge in [-0.15, -0.1) is 0 Å². The van der Waals surface area contributed by atoms with Gasteiger partial charge in [0.1, 0.15) is 11.9 Å². The second kappa shape index (κ2) is 6.95. The number of rotatable bonds is 6. The highest BCUT2D eigenvalue weighted by Crippen LogP contribution is 2.35. The summed E-state index contributed by atoms with van der Waals surface area (Å²) in [5.41, 5.74) is 8.72. The van der Waals surface area contributed by atoms with Crippen molar-refractivity contribution in [2.24, 2.45) is 5.73 Å². The molecule has 2 rings (SSSR count). The Balaban J connectivity index is 1.85. The largest absolute Gasteiger partial charge is 0.490 e. The lowest BCUT2D eigenvalue weighted by Crippen LogP contribution is -2.29. The van der Waals surface area contributed by atoms with Gasteiger partial charge >= 0.3 is 0 Å². The highest BCUT2D eigenvalue weighted by molar-refractivity contribution is 5.40. The van der Waals surface area contributed by atoms with Crippen molar-refractivity contribution in [3.63, 3.8) is 0 Å². The summed E-state index contributed by atoms with van der Waals surface area (Å²) < 4.78 is 6.08. The van der Waals surface area contributed by atoms with Crippen molar-refractivity contribution in [2.45, 2.75) is 70.9 Å². The molecule has 0 saturated carbocycles. The van der Waals surface area contributed by atoms with E-state index in [-0.39, 0.29) is 6.04 Å². The third-order valence-electron chi connectivity index (χ3n) is 4.00. The van der Waals surface area contributed by atoms with E-state index in [1.807, 2.05) is 0 Å². The fraction of sp³-hybridized carbons (Fsp3) is 0.647. The Morgan fingerprint density at radius 2 is 2.00 bits per heavy atom. The first kappa shape index (κ1) is 14.4. The Labute approximate surface area is 117 Å². The first-order chi connectivity index (χ1) is 9.20. The molecule has 0 bridgehead atoms. The lowest BCUT2D eigenvalue weighted by Gasteiger charge is -2.30. The van der Waals surface area contributed by atoms with E-state index >= 15 is 0 Å². The Bertz CT molecular complexity index is 402. The molecule has 1 aliphatic heterocycles. The first-order valence-corrected chi connectivity index (χ1v) is 7.73. The summed E-state index contributed by atoms with van der Waals surface area (Å²) in [6.45, 7) is 4.36. The van der Waals surface area contributed by atoms with Gasteiger partial charge in [-0.3, -0.25) is 0 Å². The molecule has 0 aromatic heterocycles. The van der Waals surface area contributed by atoms with Gasteiger partial charge in [-0.05, 0) is 25.8 Å². The maximum Gasteiger partial charge on any atom is 0.124 e. The second-order valence-corrected chi connectivity index (χ2v) is 5.83. The zero-order chi connectivity index (χ0) is 13.7. The van der Waals surface area contributed by atoms with Crippen molar-refractivity contribution >= 4 is 0 Å². The molecule has 2 atom stereocenters. The van der Waals surface area contributed by atoms with E-state index < -0.39 is 0 Å². The molecule has 0 radical (unpaired) electrons. The molecule has 2 unspecified atom stereocenters. The number of hydrogen-bond acceptors (Lipinski definition) is 2. The van der Waals surface area contributed by atoms with Gasteiger partial charge in [0.05, 0.1) is 0 Å². The van der Waals surface area contributed by atoms with Crippen LogP contribution in [0.4, 0.5) is 0 Å². The number of hydrogen-bond donors (Lipinski definition) is 1. The number of fused-ring (bicyclic) bond motifs is 1. The fourth-order valence-corrected chi connectivity index (χ4v) is 2.86. The predicted octanol–water partition coefficient (Wildman–Crippen LogP) is 4.51. The zero-order valence-electron chi connectivity index (χ0n) is 12.3. The van der Waals surface area contributed by atoms with Crippen LogP contribution >= 0.6 is 0 Å². The van der Waals surface area contributed by atoms with Crippen LogP contribution in [0.5, 0.6) is 5.75 Å². The van der Waals surface area contributed by atoms with Crippen LogP contribution < -0.4 is 10.5 Å². The van der Waals surface area contributed by atoms with Gasteiger partial charge in [0.2, 0.25) is 0 Å². The van der Waals surface area contributed by atoms with Crippen LogP contribution in [0.15, 0.2) is 18.2 Å². The van der Waals surface area contributed by atoms with Crippen molar-refractivity contribution in [3.05, 3.63) is 29.3 Å². The third kappa shape index (κ3) is 3.97. The first-order valence-electron chi connectivity index (χ1n) is 7.73. The zero-order valence-corrected chi connectivity index (χ0v) is 12.3. The molecule has 2 heteroatoms. The van der Waals surface area contributed by atoms with Gasteiger partial charge in [0.25, 0.3) is 0 Å².